The van der Waals surface area contributed by atoms with Crippen LogP contribution < -0.4 is 9.77 Å². The average molecular weight is 495 g/mol. The molecule has 1 saturated heterocycles. The number of aromatic amines is 1. The number of thioether (sulfide) groups is 1. The summed E-state index contributed by atoms with van der Waals surface area (Å²) in [5, 5.41) is 1.73. The summed E-state index contributed by atoms with van der Waals surface area (Å²) in [6.45, 7) is 0. The molecule has 2 bridgehead atoms. The largest absolute Gasteiger partial charge is 0.307 e. The van der Waals surface area contributed by atoms with Gasteiger partial charge in [-0.05, 0) is 54.0 Å². The highest BCUT2D eigenvalue weighted by Gasteiger charge is 2.69. The van der Waals surface area contributed by atoms with Crippen molar-refractivity contribution in [2.45, 2.75) is 22.6 Å². The zero-order valence-corrected chi connectivity index (χ0v) is 19.7. The molecule has 8 heteroatoms. The summed E-state index contributed by atoms with van der Waals surface area (Å²) >= 11 is 9.03. The van der Waals surface area contributed by atoms with Crippen molar-refractivity contribution in [3.63, 3.8) is 0 Å². The van der Waals surface area contributed by atoms with Gasteiger partial charge in [0.25, 0.3) is 0 Å². The number of amides is 2. The molecule has 2 aromatic carbocycles. The summed E-state index contributed by atoms with van der Waals surface area (Å²) in [4.78, 5) is 45.0. The van der Waals surface area contributed by atoms with Crippen LogP contribution in [0.3, 0.4) is 0 Å². The maximum absolute atomic E-state index is 13.7. The van der Waals surface area contributed by atoms with Crippen LogP contribution in [-0.4, -0.2) is 22.0 Å². The molecule has 2 aliphatic carbocycles. The smallest absolute Gasteiger partial charge is 0.305 e. The number of aromatic nitrogens is 1. The Morgan fingerprint density at radius 3 is 2.33 bits per heavy atom. The predicted octanol–water partition coefficient (Wildman–Crippen LogP) is 4.77. The summed E-state index contributed by atoms with van der Waals surface area (Å²) in [7, 11) is 0. The summed E-state index contributed by atoms with van der Waals surface area (Å²) in [6, 6.07) is 17.2. The van der Waals surface area contributed by atoms with Gasteiger partial charge in [0.1, 0.15) is 0 Å². The minimum atomic E-state index is -0.288. The molecule has 2 amide bonds. The molecule has 4 aliphatic rings. The highest BCUT2D eigenvalue weighted by Crippen LogP contribution is 2.68. The third-order valence-corrected chi connectivity index (χ3v) is 10.8. The highest BCUT2D eigenvalue weighted by molar-refractivity contribution is 8.00. The molecule has 3 fully saturated rings. The van der Waals surface area contributed by atoms with Gasteiger partial charge in [-0.2, -0.15) is 0 Å². The summed E-state index contributed by atoms with van der Waals surface area (Å²) in [6.07, 6.45) is 0.895. The molecule has 2 saturated carbocycles. The molecule has 1 N–H and O–H groups in total. The Balaban J connectivity index is 1.33. The number of rotatable bonds is 2. The van der Waals surface area contributed by atoms with Crippen LogP contribution in [-0.2, 0) is 9.59 Å². The van der Waals surface area contributed by atoms with Crippen molar-refractivity contribution in [3.8, 4) is 0 Å². The summed E-state index contributed by atoms with van der Waals surface area (Å²) in [5.41, 5.74) is 1.78. The molecular weight excluding hydrogens is 476 g/mol. The number of H-pyrrole nitrogens is 1. The van der Waals surface area contributed by atoms with E-state index in [1.54, 1.807) is 36.0 Å². The first-order chi connectivity index (χ1) is 16.0. The summed E-state index contributed by atoms with van der Waals surface area (Å²) < 4.78 is 0. The van der Waals surface area contributed by atoms with E-state index in [0.29, 0.717) is 10.7 Å². The van der Waals surface area contributed by atoms with Gasteiger partial charge in [-0.15, -0.1) is 11.8 Å². The minimum absolute atomic E-state index is 0.0398. The van der Waals surface area contributed by atoms with Gasteiger partial charge in [-0.25, -0.2) is 0 Å². The lowest BCUT2D eigenvalue weighted by atomic mass is 9.68. The molecular formula is C25H19ClN2O3S2. The van der Waals surface area contributed by atoms with Crippen molar-refractivity contribution in [1.29, 1.82) is 0 Å². The third kappa shape index (κ3) is 2.70. The maximum atomic E-state index is 13.7. The van der Waals surface area contributed by atoms with E-state index in [0.717, 1.165) is 16.3 Å². The van der Waals surface area contributed by atoms with Gasteiger partial charge in [-0.3, -0.25) is 19.3 Å². The van der Waals surface area contributed by atoms with Gasteiger partial charge in [-0.1, -0.05) is 53.3 Å². The molecule has 2 aliphatic heterocycles. The first-order valence-corrected chi connectivity index (χ1v) is 13.2. The first-order valence-electron chi connectivity index (χ1n) is 11.1. The topological polar surface area (TPSA) is 70.2 Å². The van der Waals surface area contributed by atoms with Crippen LogP contribution in [0.5, 0.6) is 0 Å². The zero-order valence-electron chi connectivity index (χ0n) is 17.3. The van der Waals surface area contributed by atoms with Gasteiger partial charge in [0.15, 0.2) is 0 Å². The van der Waals surface area contributed by atoms with Gasteiger partial charge >= 0.3 is 4.87 Å². The van der Waals surface area contributed by atoms with Crippen molar-refractivity contribution in [3.05, 3.63) is 79.7 Å². The van der Waals surface area contributed by atoms with Crippen molar-refractivity contribution in [1.82, 2.24) is 4.98 Å². The molecule has 0 radical (unpaired) electrons. The number of carbonyl (C=O) groups is 2. The van der Waals surface area contributed by atoms with Crippen LogP contribution in [0.1, 0.15) is 22.8 Å². The Kier molecular flexibility index (Phi) is 4.30. The number of imide groups is 1. The van der Waals surface area contributed by atoms with Crippen LogP contribution in [0.2, 0.25) is 5.02 Å². The van der Waals surface area contributed by atoms with Crippen LogP contribution in [0, 0.1) is 29.6 Å². The van der Waals surface area contributed by atoms with E-state index in [9.17, 15) is 14.4 Å². The van der Waals surface area contributed by atoms with E-state index in [1.807, 2.05) is 18.2 Å². The fourth-order valence-corrected chi connectivity index (χ4v) is 9.91. The van der Waals surface area contributed by atoms with Crippen LogP contribution in [0.4, 0.5) is 5.69 Å². The van der Waals surface area contributed by atoms with E-state index in [1.165, 1.54) is 21.8 Å². The molecule has 7 rings (SSSR count). The second-order valence-corrected chi connectivity index (χ2v) is 12.0. The molecule has 1 aromatic heterocycles. The van der Waals surface area contributed by atoms with Gasteiger partial charge in [0.05, 0.1) is 22.5 Å². The van der Waals surface area contributed by atoms with Gasteiger partial charge < -0.3 is 4.98 Å². The van der Waals surface area contributed by atoms with Crippen molar-refractivity contribution in [2.24, 2.45) is 29.6 Å². The van der Waals surface area contributed by atoms with Crippen LogP contribution in [0.15, 0.2) is 64.4 Å². The SMILES string of the molecule is O=C1[C@H]2[C@H]3C[C@@H]([C@@H]2C(=O)N1c1ccc(Cl)cc1)[C@H]1[C@H](c2ccccc2)c2sc(=O)[nH]c2S[C@H]31. The van der Waals surface area contributed by atoms with Crippen molar-refractivity contribution < 1.29 is 9.59 Å². The Bertz CT molecular complexity index is 1350. The monoisotopic (exact) mass is 494 g/mol. The van der Waals surface area contributed by atoms with Crippen molar-refractivity contribution >= 4 is 52.2 Å². The van der Waals surface area contributed by atoms with E-state index < -0.39 is 0 Å². The third-order valence-electron chi connectivity index (χ3n) is 7.97. The number of halogens is 1. The van der Waals surface area contributed by atoms with Gasteiger partial charge in [0, 0.05) is 21.1 Å². The fourth-order valence-electron chi connectivity index (χ4n) is 6.90. The number of carbonyl (C=O) groups excluding carboxylic acids is 2. The lowest BCUT2D eigenvalue weighted by molar-refractivity contribution is -0.123. The Hall–Kier alpha value is -2.35. The molecule has 0 unspecified atom stereocenters. The molecule has 166 valence electrons. The number of nitrogens with zero attached hydrogens (tertiary/aromatic N) is 1. The van der Waals surface area contributed by atoms with Crippen LogP contribution >= 0.6 is 34.7 Å². The normalized spacial score (nSPS) is 33.8. The van der Waals surface area contributed by atoms with E-state index >= 15 is 0 Å². The molecule has 7 atom stereocenters. The number of benzene rings is 2. The number of hydrogen-bond acceptors (Lipinski definition) is 5. The zero-order chi connectivity index (χ0) is 22.4. The van der Waals surface area contributed by atoms with E-state index in [4.69, 9.17) is 11.6 Å². The second kappa shape index (κ2) is 7.08. The minimum Gasteiger partial charge on any atom is -0.307 e. The maximum Gasteiger partial charge on any atom is 0.305 e. The number of hydrogen-bond donors (Lipinski definition) is 1. The predicted molar refractivity (Wildman–Crippen MR) is 129 cm³/mol. The molecule has 5 nitrogen and oxygen atoms in total. The molecule has 3 heterocycles. The Morgan fingerprint density at radius 1 is 0.909 bits per heavy atom. The van der Waals surface area contributed by atoms with Gasteiger partial charge in [0.2, 0.25) is 11.8 Å². The van der Waals surface area contributed by atoms with E-state index in [2.05, 4.69) is 17.1 Å². The number of fused-ring (bicyclic) bond motifs is 9. The number of thiazole rings is 1. The lowest BCUT2D eigenvalue weighted by Crippen LogP contribution is -2.42. The van der Waals surface area contributed by atoms with E-state index in [-0.39, 0.29) is 57.4 Å². The van der Waals surface area contributed by atoms with Crippen LogP contribution in [0.25, 0.3) is 0 Å². The lowest BCUT2D eigenvalue weighted by Gasteiger charge is -2.43. The Morgan fingerprint density at radius 2 is 1.61 bits per heavy atom. The molecule has 3 aromatic rings. The number of anilines is 1. The number of nitrogens with one attached hydrogen (secondary N) is 1. The molecule has 0 spiro atoms. The average Bonchev–Trinajstić information content (AvgIpc) is 3.54. The Labute approximate surface area is 203 Å². The highest BCUT2D eigenvalue weighted by atomic mass is 35.5. The second-order valence-electron chi connectivity index (χ2n) is 9.36. The van der Waals surface area contributed by atoms with Crippen molar-refractivity contribution in [2.75, 3.05) is 4.90 Å². The first kappa shape index (κ1) is 20.1. The fraction of sp³-hybridized carbons (Fsp3) is 0.320. The quantitative estimate of drug-likeness (QED) is 0.521. The standard InChI is InChI=1S/C25H19ClN2O3S2/c26-12-6-8-13(9-7-12)28-23(29)18-14-10-15(19(18)24(28)30)20-17(14)16(11-4-2-1-3-5-11)21-22(32-20)27-25(31)33-21/h1-9,14-20H,10H2,(H,27,31)/t14-,15-,16+,17+,18+,19+,20-/m1/s1. The summed E-state index contributed by atoms with van der Waals surface area (Å²) in [5.74, 6) is -0.181. The molecule has 33 heavy (non-hydrogen) atoms.